The molecule has 0 saturated heterocycles. The number of carbonyl (C=O) groups excluding carboxylic acids is 1. The van der Waals surface area contributed by atoms with Crippen LogP contribution in [0, 0.1) is 0 Å². The largest absolute Gasteiger partial charge is 0.545 e. The quantitative estimate of drug-likeness (QED) is 0.830. The van der Waals surface area contributed by atoms with Crippen LogP contribution in [0.1, 0.15) is 17.3 Å². The van der Waals surface area contributed by atoms with E-state index in [1.165, 1.54) is 6.20 Å². The van der Waals surface area contributed by atoms with Crippen LogP contribution >= 0.6 is 11.6 Å². The highest BCUT2D eigenvalue weighted by atomic mass is 35.5. The van der Waals surface area contributed by atoms with Gasteiger partial charge in [0.25, 0.3) is 0 Å². The molecule has 88 valence electrons. The molecule has 0 amide bonds. The molecule has 5 heteroatoms. The number of aryl methyl sites for hydroxylation is 1. The first-order valence-corrected chi connectivity index (χ1v) is 5.54. The third-order valence-electron chi connectivity index (χ3n) is 2.40. The molecule has 4 nitrogen and oxygen atoms in total. The molecule has 1 aromatic carbocycles. The summed E-state index contributed by atoms with van der Waals surface area (Å²) in [5.41, 5.74) is 1.13. The van der Waals surface area contributed by atoms with Gasteiger partial charge >= 0.3 is 0 Å². The fourth-order valence-electron chi connectivity index (χ4n) is 1.58. The average molecular weight is 250 g/mol. The summed E-state index contributed by atoms with van der Waals surface area (Å²) in [6.45, 7) is 2.48. The van der Waals surface area contributed by atoms with Gasteiger partial charge < -0.3 is 9.90 Å². The Labute approximate surface area is 103 Å². The van der Waals surface area contributed by atoms with Gasteiger partial charge in [-0.15, -0.1) is 0 Å². The van der Waals surface area contributed by atoms with E-state index in [9.17, 15) is 9.90 Å². The summed E-state index contributed by atoms with van der Waals surface area (Å²) in [6, 6.07) is 6.92. The lowest BCUT2D eigenvalue weighted by Gasteiger charge is -2.02. The Morgan fingerprint density at radius 2 is 2.29 bits per heavy atom. The van der Waals surface area contributed by atoms with Crippen molar-refractivity contribution in [1.29, 1.82) is 0 Å². The van der Waals surface area contributed by atoms with E-state index in [0.29, 0.717) is 22.8 Å². The summed E-state index contributed by atoms with van der Waals surface area (Å²) >= 11 is 5.87. The minimum atomic E-state index is -1.24. The molecule has 0 aliphatic heterocycles. The molecule has 17 heavy (non-hydrogen) atoms. The molecule has 0 N–H and O–H groups in total. The van der Waals surface area contributed by atoms with Gasteiger partial charge in [-0.2, -0.15) is 5.10 Å². The molecule has 0 spiro atoms. The normalized spacial score (nSPS) is 10.5. The van der Waals surface area contributed by atoms with Crippen molar-refractivity contribution in [2.24, 2.45) is 0 Å². The Morgan fingerprint density at radius 3 is 2.88 bits per heavy atom. The fraction of sp³-hybridized carbons (Fsp3) is 0.167. The standard InChI is InChI=1S/C12H11ClN2O2/c1-2-15-7-10(12(16)17)11(14-15)8-4-3-5-9(13)6-8/h3-7H,2H2,1H3,(H,16,17)/p-1. The van der Waals surface area contributed by atoms with Gasteiger partial charge in [-0.25, -0.2) is 0 Å². The first-order valence-electron chi connectivity index (χ1n) is 5.16. The van der Waals surface area contributed by atoms with Gasteiger partial charge in [0.1, 0.15) is 5.69 Å². The number of carboxylic acid groups (broad SMARTS) is 1. The van der Waals surface area contributed by atoms with Gasteiger partial charge in [0.15, 0.2) is 0 Å². The number of hydrogen-bond acceptors (Lipinski definition) is 3. The van der Waals surface area contributed by atoms with Gasteiger partial charge in [0, 0.05) is 28.9 Å². The van der Waals surface area contributed by atoms with Crippen molar-refractivity contribution in [3.8, 4) is 11.3 Å². The maximum absolute atomic E-state index is 11.0. The van der Waals surface area contributed by atoms with Crippen LogP contribution in [0.15, 0.2) is 30.5 Å². The second-order valence-electron chi connectivity index (χ2n) is 3.54. The van der Waals surface area contributed by atoms with Crippen LogP contribution in [-0.4, -0.2) is 15.7 Å². The zero-order valence-electron chi connectivity index (χ0n) is 9.18. The highest BCUT2D eigenvalue weighted by Gasteiger charge is 2.11. The second kappa shape index (κ2) is 4.59. The van der Waals surface area contributed by atoms with Crippen LogP contribution < -0.4 is 5.11 Å². The maximum atomic E-state index is 11.0. The van der Waals surface area contributed by atoms with Crippen molar-refractivity contribution in [2.75, 3.05) is 0 Å². The summed E-state index contributed by atoms with van der Waals surface area (Å²) in [6.07, 6.45) is 1.46. The number of rotatable bonds is 3. The smallest absolute Gasteiger partial charge is 0.101 e. The Balaban J connectivity index is 2.57. The average Bonchev–Trinajstić information content (AvgIpc) is 2.73. The predicted molar refractivity (Wildman–Crippen MR) is 62.7 cm³/mol. The number of benzene rings is 1. The lowest BCUT2D eigenvalue weighted by Crippen LogP contribution is -2.22. The van der Waals surface area contributed by atoms with Crippen LogP contribution in [0.4, 0.5) is 0 Å². The molecule has 1 aromatic heterocycles. The highest BCUT2D eigenvalue weighted by Crippen LogP contribution is 2.24. The van der Waals surface area contributed by atoms with Crippen molar-refractivity contribution in [1.82, 2.24) is 9.78 Å². The van der Waals surface area contributed by atoms with E-state index in [4.69, 9.17) is 11.6 Å². The van der Waals surface area contributed by atoms with E-state index in [2.05, 4.69) is 5.10 Å². The fourth-order valence-corrected chi connectivity index (χ4v) is 1.77. The van der Waals surface area contributed by atoms with Crippen molar-refractivity contribution >= 4 is 17.6 Å². The Morgan fingerprint density at radius 1 is 1.53 bits per heavy atom. The van der Waals surface area contributed by atoms with Gasteiger partial charge in [-0.05, 0) is 19.1 Å². The van der Waals surface area contributed by atoms with Crippen LogP contribution in [0.5, 0.6) is 0 Å². The maximum Gasteiger partial charge on any atom is 0.101 e. The summed E-state index contributed by atoms with van der Waals surface area (Å²) < 4.78 is 1.56. The lowest BCUT2D eigenvalue weighted by molar-refractivity contribution is -0.254. The topological polar surface area (TPSA) is 58.0 Å². The molecule has 0 aliphatic carbocycles. The number of nitrogens with zero attached hydrogens (tertiary/aromatic N) is 2. The second-order valence-corrected chi connectivity index (χ2v) is 3.98. The predicted octanol–water partition coefficient (Wildman–Crippen LogP) is 1.59. The van der Waals surface area contributed by atoms with Crippen LogP contribution in [0.2, 0.25) is 5.02 Å². The molecule has 1 heterocycles. The minimum absolute atomic E-state index is 0.0779. The van der Waals surface area contributed by atoms with Crippen LogP contribution in [0.3, 0.4) is 0 Å². The first kappa shape index (κ1) is 11.7. The molecular formula is C12H10ClN2O2-. The number of halogens is 1. The van der Waals surface area contributed by atoms with Crippen molar-refractivity contribution in [3.05, 3.63) is 41.0 Å². The zero-order chi connectivity index (χ0) is 12.4. The lowest BCUT2D eigenvalue weighted by atomic mass is 10.1. The van der Waals surface area contributed by atoms with E-state index in [1.54, 1.807) is 28.9 Å². The highest BCUT2D eigenvalue weighted by molar-refractivity contribution is 6.30. The molecule has 2 aromatic rings. The minimum Gasteiger partial charge on any atom is -0.545 e. The molecule has 0 fully saturated rings. The zero-order valence-corrected chi connectivity index (χ0v) is 9.94. The van der Waals surface area contributed by atoms with E-state index in [1.807, 2.05) is 6.92 Å². The Bertz CT molecular complexity index is 563. The molecule has 0 saturated carbocycles. The number of hydrogen-bond donors (Lipinski definition) is 0. The van der Waals surface area contributed by atoms with Crippen molar-refractivity contribution in [3.63, 3.8) is 0 Å². The van der Waals surface area contributed by atoms with Crippen molar-refractivity contribution in [2.45, 2.75) is 13.5 Å². The number of carbonyl (C=O) groups is 1. The van der Waals surface area contributed by atoms with Crippen LogP contribution in [-0.2, 0) is 6.54 Å². The molecule has 0 unspecified atom stereocenters. The Hall–Kier alpha value is -1.81. The Kier molecular flexibility index (Phi) is 3.15. The molecule has 0 bridgehead atoms. The van der Waals surface area contributed by atoms with Crippen molar-refractivity contribution < 1.29 is 9.90 Å². The third kappa shape index (κ3) is 2.31. The molecule has 0 aliphatic rings. The van der Waals surface area contributed by atoms with Crippen LogP contribution in [0.25, 0.3) is 11.3 Å². The third-order valence-corrected chi connectivity index (χ3v) is 2.64. The summed E-state index contributed by atoms with van der Waals surface area (Å²) in [5.74, 6) is -1.24. The summed E-state index contributed by atoms with van der Waals surface area (Å²) in [7, 11) is 0. The first-order chi connectivity index (χ1) is 8.11. The number of carboxylic acids is 1. The van der Waals surface area contributed by atoms with Gasteiger partial charge in [0.05, 0.1) is 5.97 Å². The van der Waals surface area contributed by atoms with Gasteiger partial charge in [0.2, 0.25) is 0 Å². The van der Waals surface area contributed by atoms with E-state index in [0.717, 1.165) is 0 Å². The van der Waals surface area contributed by atoms with E-state index in [-0.39, 0.29) is 5.56 Å². The SMILES string of the molecule is CCn1cc(C(=O)[O-])c(-c2cccc(Cl)c2)n1. The number of aromatic carboxylic acids is 1. The van der Waals surface area contributed by atoms with E-state index >= 15 is 0 Å². The molecule has 0 radical (unpaired) electrons. The monoisotopic (exact) mass is 249 g/mol. The van der Waals surface area contributed by atoms with Gasteiger partial charge in [-0.3, -0.25) is 4.68 Å². The van der Waals surface area contributed by atoms with E-state index < -0.39 is 5.97 Å². The summed E-state index contributed by atoms with van der Waals surface area (Å²) in [5, 5.41) is 15.7. The molecule has 0 atom stereocenters. The summed E-state index contributed by atoms with van der Waals surface area (Å²) in [4.78, 5) is 11.0. The molecule has 2 rings (SSSR count). The van der Waals surface area contributed by atoms with Gasteiger partial charge in [-0.1, -0.05) is 23.7 Å². The molecular weight excluding hydrogens is 240 g/mol. The number of aromatic nitrogens is 2.